The molecule has 0 atom stereocenters. The lowest BCUT2D eigenvalue weighted by molar-refractivity contribution is 0.669. The van der Waals surface area contributed by atoms with Gasteiger partial charge in [-0.1, -0.05) is 103 Å². The first-order valence-corrected chi connectivity index (χ1v) is 12.7. The lowest BCUT2D eigenvalue weighted by atomic mass is 9.97. The van der Waals surface area contributed by atoms with Crippen molar-refractivity contribution in [2.75, 3.05) is 0 Å². The molecule has 0 fully saturated rings. The number of fused-ring (bicyclic) bond motifs is 3. The standard InChI is InChI=1S/C33H20ClN3O/c34-33-36-31(24-10-5-2-6-11-24)35-32(37-33)25-18-19-27-29(20-25)38-28-13-7-12-26(30(27)28)23-16-14-22(15-17-23)21-8-3-1-4-9-21/h1-20H. The summed E-state index contributed by atoms with van der Waals surface area (Å²) in [6.45, 7) is 0. The maximum absolute atomic E-state index is 6.31. The van der Waals surface area contributed by atoms with Crippen LogP contribution in [0.2, 0.25) is 5.28 Å². The Bertz CT molecular complexity index is 1910. The molecule has 180 valence electrons. The Labute approximate surface area is 224 Å². The van der Waals surface area contributed by atoms with Crippen LogP contribution in [-0.2, 0) is 0 Å². The Morgan fingerprint density at radius 1 is 0.474 bits per heavy atom. The van der Waals surface area contributed by atoms with E-state index in [2.05, 4.69) is 75.6 Å². The number of hydrogen-bond acceptors (Lipinski definition) is 4. The highest BCUT2D eigenvalue weighted by atomic mass is 35.5. The van der Waals surface area contributed by atoms with Gasteiger partial charge in [-0.2, -0.15) is 9.97 Å². The molecule has 5 aromatic carbocycles. The lowest BCUT2D eigenvalue weighted by Gasteiger charge is -2.07. The van der Waals surface area contributed by atoms with Gasteiger partial charge in [0.05, 0.1) is 0 Å². The fourth-order valence-corrected chi connectivity index (χ4v) is 5.03. The van der Waals surface area contributed by atoms with Crippen molar-refractivity contribution in [3.63, 3.8) is 0 Å². The fraction of sp³-hybridized carbons (Fsp3) is 0. The van der Waals surface area contributed by atoms with Crippen molar-refractivity contribution in [3.05, 3.63) is 127 Å². The van der Waals surface area contributed by atoms with E-state index in [1.165, 1.54) is 11.1 Å². The molecule has 0 aliphatic rings. The summed E-state index contributed by atoms with van der Waals surface area (Å²) < 4.78 is 6.31. The minimum Gasteiger partial charge on any atom is -0.456 e. The minimum absolute atomic E-state index is 0.153. The molecule has 2 heterocycles. The first kappa shape index (κ1) is 22.4. The molecule has 0 aliphatic carbocycles. The van der Waals surface area contributed by atoms with E-state index in [0.29, 0.717) is 11.6 Å². The van der Waals surface area contributed by atoms with E-state index in [1.54, 1.807) is 0 Å². The zero-order chi connectivity index (χ0) is 25.5. The Morgan fingerprint density at radius 2 is 1.08 bits per heavy atom. The zero-order valence-corrected chi connectivity index (χ0v) is 20.9. The van der Waals surface area contributed by atoms with Crippen molar-refractivity contribution in [1.82, 2.24) is 15.0 Å². The minimum atomic E-state index is 0.153. The van der Waals surface area contributed by atoms with E-state index in [9.17, 15) is 0 Å². The Kier molecular flexibility index (Phi) is 5.46. The van der Waals surface area contributed by atoms with E-state index < -0.39 is 0 Å². The molecule has 2 aromatic heterocycles. The molecule has 0 saturated heterocycles. The summed E-state index contributed by atoms with van der Waals surface area (Å²) in [5.41, 5.74) is 7.95. The number of halogens is 1. The van der Waals surface area contributed by atoms with Gasteiger partial charge in [0, 0.05) is 21.9 Å². The van der Waals surface area contributed by atoms with Gasteiger partial charge in [0.25, 0.3) is 0 Å². The van der Waals surface area contributed by atoms with Crippen molar-refractivity contribution in [2.24, 2.45) is 0 Å². The molecule has 0 aliphatic heterocycles. The van der Waals surface area contributed by atoms with Crippen LogP contribution in [0.1, 0.15) is 0 Å². The average molecular weight is 510 g/mol. The summed E-state index contributed by atoms with van der Waals surface area (Å²) in [4.78, 5) is 13.4. The molecule has 0 bridgehead atoms. The maximum Gasteiger partial charge on any atom is 0.226 e. The number of rotatable bonds is 4. The summed E-state index contributed by atoms with van der Waals surface area (Å²) in [6.07, 6.45) is 0. The van der Waals surface area contributed by atoms with Crippen LogP contribution >= 0.6 is 11.6 Å². The number of aromatic nitrogens is 3. The summed E-state index contributed by atoms with van der Waals surface area (Å²) in [5, 5.41) is 2.27. The number of hydrogen-bond donors (Lipinski definition) is 0. The summed E-state index contributed by atoms with van der Waals surface area (Å²) in [6, 6.07) is 41.0. The molecule has 4 nitrogen and oxygen atoms in total. The second-order valence-electron chi connectivity index (χ2n) is 9.05. The number of benzene rings is 5. The maximum atomic E-state index is 6.31. The van der Waals surface area contributed by atoms with Gasteiger partial charge in [-0.05, 0) is 52.1 Å². The summed E-state index contributed by atoms with van der Waals surface area (Å²) in [5.74, 6) is 1.04. The van der Waals surface area contributed by atoms with Gasteiger partial charge in [0.2, 0.25) is 5.28 Å². The van der Waals surface area contributed by atoms with E-state index in [1.807, 2.05) is 60.7 Å². The predicted octanol–water partition coefficient (Wildman–Crippen LogP) is 9.09. The van der Waals surface area contributed by atoms with Crippen LogP contribution in [0.15, 0.2) is 126 Å². The smallest absolute Gasteiger partial charge is 0.226 e. The molecular weight excluding hydrogens is 490 g/mol. The van der Waals surface area contributed by atoms with Crippen molar-refractivity contribution in [2.45, 2.75) is 0 Å². The van der Waals surface area contributed by atoms with Gasteiger partial charge in [-0.25, -0.2) is 4.98 Å². The normalized spacial score (nSPS) is 11.3. The molecule has 7 aromatic rings. The Morgan fingerprint density at radius 3 is 1.82 bits per heavy atom. The molecule has 0 spiro atoms. The third-order valence-corrected chi connectivity index (χ3v) is 6.87. The largest absolute Gasteiger partial charge is 0.456 e. The topological polar surface area (TPSA) is 51.8 Å². The molecule has 0 radical (unpaired) electrons. The van der Waals surface area contributed by atoms with Crippen LogP contribution in [0.25, 0.3) is 67.0 Å². The molecule has 0 saturated carbocycles. The van der Waals surface area contributed by atoms with Crippen molar-refractivity contribution in [3.8, 4) is 45.0 Å². The van der Waals surface area contributed by atoms with Crippen LogP contribution in [0.3, 0.4) is 0 Å². The van der Waals surface area contributed by atoms with Crippen LogP contribution in [0, 0.1) is 0 Å². The Hall–Kier alpha value is -4.80. The van der Waals surface area contributed by atoms with Crippen LogP contribution < -0.4 is 0 Å². The monoisotopic (exact) mass is 509 g/mol. The van der Waals surface area contributed by atoms with Gasteiger partial charge < -0.3 is 4.42 Å². The molecule has 7 rings (SSSR count). The van der Waals surface area contributed by atoms with Gasteiger partial charge >= 0.3 is 0 Å². The second kappa shape index (κ2) is 9.25. The number of furan rings is 1. The van der Waals surface area contributed by atoms with Crippen molar-refractivity contribution < 1.29 is 4.42 Å². The van der Waals surface area contributed by atoms with E-state index in [-0.39, 0.29) is 5.28 Å². The van der Waals surface area contributed by atoms with Crippen LogP contribution in [-0.4, -0.2) is 15.0 Å². The molecule has 38 heavy (non-hydrogen) atoms. The fourth-order valence-electron chi connectivity index (χ4n) is 4.87. The summed E-state index contributed by atoms with van der Waals surface area (Å²) in [7, 11) is 0. The van der Waals surface area contributed by atoms with Gasteiger partial charge in [0.15, 0.2) is 11.6 Å². The van der Waals surface area contributed by atoms with E-state index in [4.69, 9.17) is 16.0 Å². The van der Waals surface area contributed by atoms with Crippen molar-refractivity contribution >= 4 is 33.5 Å². The van der Waals surface area contributed by atoms with Gasteiger partial charge in [-0.15, -0.1) is 0 Å². The molecule has 5 heteroatoms. The highest BCUT2D eigenvalue weighted by Gasteiger charge is 2.15. The predicted molar refractivity (Wildman–Crippen MR) is 154 cm³/mol. The van der Waals surface area contributed by atoms with Crippen molar-refractivity contribution in [1.29, 1.82) is 0 Å². The van der Waals surface area contributed by atoms with Crippen LogP contribution in [0.5, 0.6) is 0 Å². The molecule has 0 amide bonds. The molecular formula is C33H20ClN3O. The SMILES string of the molecule is Clc1nc(-c2ccccc2)nc(-c2ccc3c(c2)oc2cccc(-c4ccc(-c5ccccc5)cc4)c23)n1. The van der Waals surface area contributed by atoms with Gasteiger partial charge in [-0.3, -0.25) is 0 Å². The van der Waals surface area contributed by atoms with E-state index in [0.717, 1.165) is 44.2 Å². The van der Waals surface area contributed by atoms with Gasteiger partial charge in [0.1, 0.15) is 11.2 Å². The second-order valence-corrected chi connectivity index (χ2v) is 9.39. The molecule has 0 unspecified atom stereocenters. The Balaban J connectivity index is 1.31. The zero-order valence-electron chi connectivity index (χ0n) is 20.2. The quantitative estimate of drug-likeness (QED) is 0.237. The first-order chi connectivity index (χ1) is 18.7. The number of nitrogens with zero attached hydrogens (tertiary/aromatic N) is 3. The van der Waals surface area contributed by atoms with E-state index >= 15 is 0 Å². The highest BCUT2D eigenvalue weighted by molar-refractivity contribution is 6.28. The lowest BCUT2D eigenvalue weighted by Crippen LogP contribution is -1.97. The first-order valence-electron chi connectivity index (χ1n) is 12.3. The third-order valence-electron chi connectivity index (χ3n) is 6.70. The summed E-state index contributed by atoms with van der Waals surface area (Å²) >= 11 is 6.29. The average Bonchev–Trinajstić information content (AvgIpc) is 3.36. The highest BCUT2D eigenvalue weighted by Crippen LogP contribution is 2.38. The van der Waals surface area contributed by atoms with Crippen LogP contribution in [0.4, 0.5) is 0 Å². The molecule has 0 N–H and O–H groups in total. The third kappa shape index (κ3) is 4.01.